The van der Waals surface area contributed by atoms with E-state index in [9.17, 15) is 9.59 Å². The first-order chi connectivity index (χ1) is 19.8. The predicted octanol–water partition coefficient (Wildman–Crippen LogP) is 6.97. The van der Waals surface area contributed by atoms with Gasteiger partial charge in [0.05, 0.1) is 22.4 Å². The highest BCUT2D eigenvalue weighted by Crippen LogP contribution is 2.37. The Morgan fingerprint density at radius 1 is 1.12 bits per heavy atom. The van der Waals surface area contributed by atoms with Crippen LogP contribution in [0.3, 0.4) is 0 Å². The molecule has 7 nitrogen and oxygen atoms in total. The van der Waals surface area contributed by atoms with E-state index in [1.54, 1.807) is 25.3 Å². The summed E-state index contributed by atoms with van der Waals surface area (Å²) >= 11 is 6.10. The van der Waals surface area contributed by atoms with Gasteiger partial charge in [0.25, 0.3) is 5.91 Å². The Kier molecular flexibility index (Phi) is 9.84. The van der Waals surface area contributed by atoms with Crippen LogP contribution in [0.1, 0.15) is 48.7 Å². The van der Waals surface area contributed by atoms with Gasteiger partial charge in [-0.15, -0.1) is 0 Å². The Labute approximate surface area is 246 Å². The molecular formula is C33H35ClN4O3. The minimum atomic E-state index is -0.814. The highest BCUT2D eigenvalue weighted by atomic mass is 35.5. The van der Waals surface area contributed by atoms with Gasteiger partial charge in [-0.25, -0.2) is 9.97 Å². The average molecular weight is 571 g/mol. The maximum atomic E-state index is 13.7. The third kappa shape index (κ3) is 7.16. The van der Waals surface area contributed by atoms with Crippen molar-refractivity contribution in [3.05, 3.63) is 95.2 Å². The van der Waals surface area contributed by atoms with Crippen LogP contribution >= 0.6 is 11.6 Å². The van der Waals surface area contributed by atoms with Crippen molar-refractivity contribution in [2.45, 2.75) is 39.0 Å². The van der Waals surface area contributed by atoms with Crippen LogP contribution in [0.4, 0.5) is 0 Å². The number of likely N-dealkylation sites (tertiary alicyclic amines) is 1. The first-order valence-corrected chi connectivity index (χ1v) is 14.1. The summed E-state index contributed by atoms with van der Waals surface area (Å²) in [7, 11) is 1.76. The second kappa shape index (κ2) is 13.5. The molecule has 0 spiro atoms. The molecule has 1 fully saturated rings. The zero-order valence-electron chi connectivity index (χ0n) is 23.5. The fourth-order valence-electron chi connectivity index (χ4n) is 5.22. The van der Waals surface area contributed by atoms with Gasteiger partial charge in [0.1, 0.15) is 0 Å². The standard InChI is InChI=1S/C33H35ClN4O3/c1-4-5-6-9-23(2)33(21-35-3)18-19-38(22-33)32(41)25-14-17-27-29(20-25)36-28(10-7-8-11-30(39)40)31(37-27)24-12-15-26(34)16-13-24/h4-6,9,12-17,20-21H,1,7-8,10-11,18-19,22H2,2-3H3,(H,39,40)/b6-5-,23-9+,35-21?. The van der Waals surface area contributed by atoms with Gasteiger partial charge in [0.15, 0.2) is 0 Å². The van der Waals surface area contributed by atoms with E-state index < -0.39 is 5.97 Å². The Balaban J connectivity index is 1.64. The van der Waals surface area contributed by atoms with Crippen LogP contribution < -0.4 is 0 Å². The molecule has 2 aromatic carbocycles. The fraction of sp³-hybridized carbons (Fsp3) is 0.303. The number of nitrogens with zero attached hydrogens (tertiary/aromatic N) is 4. The summed E-state index contributed by atoms with van der Waals surface area (Å²) in [5.41, 5.74) is 5.08. The Hall–Kier alpha value is -4.10. The number of fused-ring (bicyclic) bond motifs is 1. The van der Waals surface area contributed by atoms with Crippen LogP contribution in [-0.4, -0.2) is 58.2 Å². The summed E-state index contributed by atoms with van der Waals surface area (Å²) in [6.45, 7) is 6.96. The van der Waals surface area contributed by atoms with Crippen molar-refractivity contribution in [2.24, 2.45) is 10.4 Å². The van der Waals surface area contributed by atoms with Crippen LogP contribution in [-0.2, 0) is 11.2 Å². The van der Waals surface area contributed by atoms with E-state index >= 15 is 0 Å². The number of allylic oxidation sites excluding steroid dienone is 4. The molecule has 0 saturated carbocycles. The minimum absolute atomic E-state index is 0.0562. The van der Waals surface area contributed by atoms with Gasteiger partial charge < -0.3 is 10.0 Å². The SMILES string of the molecule is C=C/C=C\C=C(/C)C1(C=NC)CCN(C(=O)c2ccc3nc(-c4ccc(Cl)cc4)c(CCCCC(=O)O)nc3c2)C1. The summed E-state index contributed by atoms with van der Waals surface area (Å²) in [5, 5.41) is 9.66. The predicted molar refractivity (Wildman–Crippen MR) is 166 cm³/mol. The summed E-state index contributed by atoms with van der Waals surface area (Å²) in [5.74, 6) is -0.870. The molecule has 1 aliphatic heterocycles. The molecule has 8 heteroatoms. The van der Waals surface area contributed by atoms with Gasteiger partial charge in [-0.3, -0.25) is 14.6 Å². The van der Waals surface area contributed by atoms with Crippen molar-refractivity contribution in [1.82, 2.24) is 14.9 Å². The number of benzene rings is 2. The molecule has 1 aromatic heterocycles. The first-order valence-electron chi connectivity index (χ1n) is 13.7. The number of aliphatic imine (C=N–C) groups is 1. The second-order valence-electron chi connectivity index (χ2n) is 10.3. The van der Waals surface area contributed by atoms with Crippen LogP contribution in [0, 0.1) is 5.41 Å². The molecule has 2 heterocycles. The molecule has 41 heavy (non-hydrogen) atoms. The van der Waals surface area contributed by atoms with Gasteiger partial charge in [-0.1, -0.05) is 60.2 Å². The number of amides is 1. The van der Waals surface area contributed by atoms with Crippen molar-refractivity contribution in [3.63, 3.8) is 0 Å². The molecule has 212 valence electrons. The summed E-state index contributed by atoms with van der Waals surface area (Å²) < 4.78 is 0. The molecule has 3 aromatic rings. The summed E-state index contributed by atoms with van der Waals surface area (Å²) in [6, 6.07) is 12.9. The lowest BCUT2D eigenvalue weighted by molar-refractivity contribution is -0.137. The minimum Gasteiger partial charge on any atom is -0.481 e. The topological polar surface area (TPSA) is 95.8 Å². The number of carbonyl (C=O) groups excluding carboxylic acids is 1. The Morgan fingerprint density at radius 2 is 1.90 bits per heavy atom. The molecule has 4 rings (SSSR count). The highest BCUT2D eigenvalue weighted by Gasteiger charge is 2.40. The molecular weight excluding hydrogens is 536 g/mol. The fourth-order valence-corrected chi connectivity index (χ4v) is 5.34. The molecule has 1 N–H and O–H groups in total. The van der Waals surface area contributed by atoms with Crippen molar-refractivity contribution in [2.75, 3.05) is 20.1 Å². The molecule has 1 unspecified atom stereocenters. The lowest BCUT2D eigenvalue weighted by Crippen LogP contribution is -2.33. The van der Waals surface area contributed by atoms with E-state index in [4.69, 9.17) is 26.7 Å². The number of aryl methyl sites for hydroxylation is 1. The van der Waals surface area contributed by atoms with E-state index in [2.05, 4.69) is 24.6 Å². The Morgan fingerprint density at radius 3 is 2.61 bits per heavy atom. The third-order valence-corrected chi connectivity index (χ3v) is 7.75. The quantitative estimate of drug-likeness (QED) is 0.153. The molecule has 0 aliphatic carbocycles. The number of carbonyl (C=O) groups is 2. The molecule has 1 aliphatic rings. The summed E-state index contributed by atoms with van der Waals surface area (Å²) in [4.78, 5) is 40.7. The number of unbranched alkanes of at least 4 members (excludes halogenated alkanes) is 1. The number of aliphatic carboxylic acids is 1. The molecule has 1 atom stereocenters. The van der Waals surface area contributed by atoms with Crippen LogP contribution in [0.5, 0.6) is 0 Å². The zero-order valence-corrected chi connectivity index (χ0v) is 24.3. The smallest absolute Gasteiger partial charge is 0.303 e. The monoisotopic (exact) mass is 570 g/mol. The average Bonchev–Trinajstić information content (AvgIpc) is 3.40. The van der Waals surface area contributed by atoms with E-state index in [-0.39, 0.29) is 17.7 Å². The van der Waals surface area contributed by atoms with Gasteiger partial charge in [-0.05, 0) is 62.9 Å². The summed E-state index contributed by atoms with van der Waals surface area (Å²) in [6.07, 6.45) is 12.3. The highest BCUT2D eigenvalue weighted by molar-refractivity contribution is 6.30. The van der Waals surface area contributed by atoms with Crippen molar-refractivity contribution < 1.29 is 14.7 Å². The van der Waals surface area contributed by atoms with Crippen molar-refractivity contribution in [3.8, 4) is 11.3 Å². The molecule has 0 radical (unpaired) electrons. The number of hydrogen-bond acceptors (Lipinski definition) is 5. The van der Waals surface area contributed by atoms with Crippen LogP contribution in [0.2, 0.25) is 5.02 Å². The maximum Gasteiger partial charge on any atom is 0.303 e. The lowest BCUT2D eigenvalue weighted by Gasteiger charge is -2.26. The largest absolute Gasteiger partial charge is 0.481 e. The number of carboxylic acids is 1. The van der Waals surface area contributed by atoms with Gasteiger partial charge in [-0.2, -0.15) is 0 Å². The van der Waals surface area contributed by atoms with E-state index in [0.29, 0.717) is 54.0 Å². The van der Waals surface area contributed by atoms with E-state index in [1.165, 1.54) is 0 Å². The first kappa shape index (κ1) is 29.9. The molecule has 1 amide bonds. The normalized spacial score (nSPS) is 17.6. The van der Waals surface area contributed by atoms with E-state index in [1.807, 2.05) is 53.6 Å². The van der Waals surface area contributed by atoms with Crippen LogP contribution in [0.25, 0.3) is 22.3 Å². The van der Waals surface area contributed by atoms with Gasteiger partial charge in [0, 0.05) is 54.3 Å². The number of rotatable bonds is 11. The van der Waals surface area contributed by atoms with Gasteiger partial charge >= 0.3 is 5.97 Å². The van der Waals surface area contributed by atoms with Crippen LogP contribution in [0.15, 0.2) is 83.9 Å². The number of hydrogen-bond donors (Lipinski definition) is 1. The second-order valence-corrected chi connectivity index (χ2v) is 10.8. The molecule has 1 saturated heterocycles. The third-order valence-electron chi connectivity index (χ3n) is 7.50. The Bertz CT molecular complexity index is 1530. The van der Waals surface area contributed by atoms with Gasteiger partial charge in [0.2, 0.25) is 0 Å². The maximum absolute atomic E-state index is 13.7. The number of halogens is 1. The van der Waals surface area contributed by atoms with E-state index in [0.717, 1.165) is 28.9 Å². The van der Waals surface area contributed by atoms with Crippen molar-refractivity contribution >= 4 is 40.7 Å². The zero-order chi connectivity index (χ0) is 29.4. The number of aromatic nitrogens is 2. The molecule has 0 bridgehead atoms. The lowest BCUT2D eigenvalue weighted by atomic mass is 9.81. The number of carboxylic acid groups (broad SMARTS) is 1. The van der Waals surface area contributed by atoms with Crippen molar-refractivity contribution in [1.29, 1.82) is 0 Å².